The SMILES string of the molecule is N#Cc1ccc(C(F)(F)F)nc1NCCCc1ncc[nH]1. The predicted molar refractivity (Wildman–Crippen MR) is 69.4 cm³/mol. The second-order valence-electron chi connectivity index (χ2n) is 4.27. The van der Waals surface area contributed by atoms with Crippen molar-refractivity contribution in [1.82, 2.24) is 15.0 Å². The molecule has 0 fully saturated rings. The predicted octanol–water partition coefficient (Wildman–Crippen LogP) is 2.74. The normalized spacial score (nSPS) is 11.1. The molecule has 0 aromatic carbocycles. The third kappa shape index (κ3) is 3.95. The van der Waals surface area contributed by atoms with Gasteiger partial charge in [0.2, 0.25) is 0 Å². The van der Waals surface area contributed by atoms with Gasteiger partial charge < -0.3 is 10.3 Å². The fourth-order valence-electron chi connectivity index (χ4n) is 1.74. The van der Waals surface area contributed by atoms with Crippen molar-refractivity contribution < 1.29 is 13.2 Å². The minimum atomic E-state index is -4.53. The summed E-state index contributed by atoms with van der Waals surface area (Å²) in [4.78, 5) is 10.4. The van der Waals surface area contributed by atoms with E-state index >= 15 is 0 Å². The number of aryl methyl sites for hydroxylation is 1. The average Bonchev–Trinajstić information content (AvgIpc) is 2.95. The maximum absolute atomic E-state index is 12.6. The van der Waals surface area contributed by atoms with Gasteiger partial charge in [-0.2, -0.15) is 18.4 Å². The van der Waals surface area contributed by atoms with E-state index in [0.717, 1.165) is 18.0 Å². The number of aromatic amines is 1. The largest absolute Gasteiger partial charge is 0.433 e. The zero-order valence-electron chi connectivity index (χ0n) is 10.9. The van der Waals surface area contributed by atoms with Crippen molar-refractivity contribution in [3.05, 3.63) is 41.6 Å². The van der Waals surface area contributed by atoms with Crippen LogP contribution in [-0.4, -0.2) is 21.5 Å². The van der Waals surface area contributed by atoms with Crippen LogP contribution < -0.4 is 5.32 Å². The summed E-state index contributed by atoms with van der Waals surface area (Å²) in [5.41, 5.74) is -0.934. The molecule has 0 bridgehead atoms. The Balaban J connectivity index is 1.99. The van der Waals surface area contributed by atoms with Crippen molar-refractivity contribution in [1.29, 1.82) is 5.26 Å². The first-order chi connectivity index (χ1) is 10.0. The van der Waals surface area contributed by atoms with E-state index in [-0.39, 0.29) is 11.4 Å². The lowest BCUT2D eigenvalue weighted by Gasteiger charge is -2.10. The van der Waals surface area contributed by atoms with E-state index in [9.17, 15) is 13.2 Å². The topological polar surface area (TPSA) is 77.4 Å². The number of H-pyrrole nitrogens is 1. The molecule has 0 saturated carbocycles. The van der Waals surface area contributed by atoms with Gasteiger partial charge >= 0.3 is 6.18 Å². The van der Waals surface area contributed by atoms with Crippen molar-refractivity contribution in [2.24, 2.45) is 0 Å². The van der Waals surface area contributed by atoms with Gasteiger partial charge in [-0.3, -0.25) is 0 Å². The highest BCUT2D eigenvalue weighted by Gasteiger charge is 2.33. The monoisotopic (exact) mass is 295 g/mol. The summed E-state index contributed by atoms with van der Waals surface area (Å²) in [6.45, 7) is 0.393. The highest BCUT2D eigenvalue weighted by molar-refractivity contribution is 5.52. The molecule has 0 aliphatic rings. The van der Waals surface area contributed by atoms with Crippen molar-refractivity contribution >= 4 is 5.82 Å². The van der Waals surface area contributed by atoms with Crippen LogP contribution in [0.1, 0.15) is 23.5 Å². The van der Waals surface area contributed by atoms with Crippen molar-refractivity contribution in [2.75, 3.05) is 11.9 Å². The number of imidazole rings is 1. The quantitative estimate of drug-likeness (QED) is 0.831. The number of nitrogens with one attached hydrogen (secondary N) is 2. The third-order valence-electron chi connectivity index (χ3n) is 2.74. The van der Waals surface area contributed by atoms with Crippen molar-refractivity contribution in [3.63, 3.8) is 0 Å². The summed E-state index contributed by atoms with van der Waals surface area (Å²) in [5.74, 6) is 0.751. The van der Waals surface area contributed by atoms with Crippen molar-refractivity contribution in [3.8, 4) is 6.07 Å². The molecule has 0 unspecified atom stereocenters. The lowest BCUT2D eigenvalue weighted by atomic mass is 10.2. The first-order valence-electron chi connectivity index (χ1n) is 6.21. The van der Waals surface area contributed by atoms with E-state index in [1.54, 1.807) is 12.4 Å². The first-order valence-corrected chi connectivity index (χ1v) is 6.21. The molecule has 0 amide bonds. The van der Waals surface area contributed by atoms with Crippen molar-refractivity contribution in [2.45, 2.75) is 19.0 Å². The molecule has 2 aromatic rings. The van der Waals surface area contributed by atoms with Gasteiger partial charge in [-0.1, -0.05) is 0 Å². The van der Waals surface area contributed by atoms with Crippen LogP contribution in [0.25, 0.3) is 0 Å². The summed E-state index contributed by atoms with van der Waals surface area (Å²) >= 11 is 0. The van der Waals surface area contributed by atoms with Crippen LogP contribution in [0.2, 0.25) is 0 Å². The molecule has 0 radical (unpaired) electrons. The van der Waals surface area contributed by atoms with Gasteiger partial charge in [0.15, 0.2) is 0 Å². The Bertz CT molecular complexity index is 628. The van der Waals surface area contributed by atoms with Crippen LogP contribution in [0, 0.1) is 11.3 Å². The molecule has 0 aliphatic carbocycles. The molecule has 110 valence electrons. The molecule has 2 rings (SSSR count). The molecular formula is C13H12F3N5. The summed E-state index contributed by atoms with van der Waals surface area (Å²) in [5, 5.41) is 11.7. The number of nitriles is 1. The minimum absolute atomic E-state index is 0.0493. The second-order valence-corrected chi connectivity index (χ2v) is 4.27. The molecule has 2 aromatic heterocycles. The molecule has 2 heterocycles. The van der Waals surface area contributed by atoms with Gasteiger partial charge in [0.1, 0.15) is 23.4 Å². The molecule has 0 aliphatic heterocycles. The number of halogens is 3. The Labute approximate surface area is 118 Å². The minimum Gasteiger partial charge on any atom is -0.369 e. The Morgan fingerprint density at radius 3 is 2.76 bits per heavy atom. The zero-order chi connectivity index (χ0) is 15.3. The van der Waals surface area contributed by atoms with E-state index in [0.29, 0.717) is 19.4 Å². The van der Waals surface area contributed by atoms with E-state index in [2.05, 4.69) is 20.3 Å². The number of hydrogen-bond acceptors (Lipinski definition) is 4. The fraction of sp³-hybridized carbons (Fsp3) is 0.308. The van der Waals surface area contributed by atoms with Crippen LogP contribution in [0.4, 0.5) is 19.0 Å². The number of nitrogens with zero attached hydrogens (tertiary/aromatic N) is 3. The number of hydrogen-bond donors (Lipinski definition) is 2. The number of pyridine rings is 1. The molecule has 0 atom stereocenters. The zero-order valence-corrected chi connectivity index (χ0v) is 10.9. The van der Waals surface area contributed by atoms with E-state index in [1.165, 1.54) is 0 Å². The van der Waals surface area contributed by atoms with Gasteiger partial charge in [-0.15, -0.1) is 0 Å². The van der Waals surface area contributed by atoms with Crippen LogP contribution in [0.3, 0.4) is 0 Å². The molecule has 8 heteroatoms. The van der Waals surface area contributed by atoms with E-state index in [4.69, 9.17) is 5.26 Å². The highest BCUT2D eigenvalue weighted by Crippen LogP contribution is 2.29. The van der Waals surface area contributed by atoms with Gasteiger partial charge in [0.25, 0.3) is 0 Å². The van der Waals surface area contributed by atoms with E-state index in [1.807, 2.05) is 6.07 Å². The van der Waals surface area contributed by atoms with Gasteiger partial charge in [-0.25, -0.2) is 9.97 Å². The Hall–Kier alpha value is -2.56. The highest BCUT2D eigenvalue weighted by atomic mass is 19.4. The molecule has 21 heavy (non-hydrogen) atoms. The number of alkyl halides is 3. The van der Waals surface area contributed by atoms with Crippen LogP contribution in [0.5, 0.6) is 0 Å². The number of aromatic nitrogens is 3. The first kappa shape index (κ1) is 14.8. The van der Waals surface area contributed by atoms with Crippen LogP contribution >= 0.6 is 0 Å². The Morgan fingerprint density at radius 2 is 2.14 bits per heavy atom. The average molecular weight is 295 g/mol. The van der Waals surface area contributed by atoms with E-state index < -0.39 is 11.9 Å². The maximum atomic E-state index is 12.6. The smallest absolute Gasteiger partial charge is 0.369 e. The molecule has 0 spiro atoms. The maximum Gasteiger partial charge on any atom is 0.433 e. The summed E-state index contributed by atoms with van der Waals surface area (Å²) < 4.78 is 37.8. The summed E-state index contributed by atoms with van der Waals surface area (Å²) in [6, 6.07) is 3.73. The number of anilines is 1. The van der Waals surface area contributed by atoms with Gasteiger partial charge in [0, 0.05) is 25.4 Å². The van der Waals surface area contributed by atoms with Crippen LogP contribution in [0.15, 0.2) is 24.5 Å². The fourth-order valence-corrected chi connectivity index (χ4v) is 1.74. The molecule has 0 saturated heterocycles. The van der Waals surface area contributed by atoms with Crippen LogP contribution in [-0.2, 0) is 12.6 Å². The number of rotatable bonds is 5. The standard InChI is InChI=1S/C13H12F3N5/c14-13(15,16)10-4-3-9(8-17)12(21-10)20-5-1-2-11-18-6-7-19-11/h3-4,6-7H,1-2,5H2,(H,18,19)(H,20,21). The van der Waals surface area contributed by atoms with Gasteiger partial charge in [0.05, 0.1) is 5.56 Å². The third-order valence-corrected chi connectivity index (χ3v) is 2.74. The lowest BCUT2D eigenvalue weighted by molar-refractivity contribution is -0.141. The summed E-state index contributed by atoms with van der Waals surface area (Å²) in [7, 11) is 0. The Kier molecular flexibility index (Phi) is 4.42. The summed E-state index contributed by atoms with van der Waals surface area (Å²) in [6.07, 6.45) is 0.103. The second kappa shape index (κ2) is 6.26. The molecular weight excluding hydrogens is 283 g/mol. The van der Waals surface area contributed by atoms with Gasteiger partial charge in [-0.05, 0) is 18.6 Å². The Morgan fingerprint density at radius 1 is 1.33 bits per heavy atom. The molecule has 2 N–H and O–H groups in total. The lowest BCUT2D eigenvalue weighted by Crippen LogP contribution is -2.12. The molecule has 5 nitrogen and oxygen atoms in total.